The van der Waals surface area contributed by atoms with E-state index in [1.165, 1.54) is 6.07 Å². The highest BCUT2D eigenvalue weighted by Gasteiger charge is 2.32. The Hall–Kier alpha value is -2.64. The predicted molar refractivity (Wildman–Crippen MR) is 87.2 cm³/mol. The van der Waals surface area contributed by atoms with Crippen molar-refractivity contribution in [1.29, 1.82) is 0 Å². The van der Waals surface area contributed by atoms with Crippen molar-refractivity contribution < 1.29 is 26.7 Å². The molecule has 3 rings (SSSR count). The average molecular weight is 370 g/mol. The number of anilines is 2. The zero-order valence-electron chi connectivity index (χ0n) is 13.5. The molecule has 8 heteroatoms. The lowest BCUT2D eigenvalue weighted by molar-refractivity contribution is -0.137. The van der Waals surface area contributed by atoms with Gasteiger partial charge >= 0.3 is 6.18 Å². The molecular weight excluding hydrogens is 355 g/mol. The molecule has 0 unspecified atom stereocenters. The number of alkyl halides is 3. The van der Waals surface area contributed by atoms with E-state index in [1.54, 1.807) is 0 Å². The van der Waals surface area contributed by atoms with Crippen LogP contribution in [-0.2, 0) is 6.18 Å². The largest absolute Gasteiger partial charge is 0.416 e. The number of hydrogen-bond donors (Lipinski definition) is 1. The summed E-state index contributed by atoms with van der Waals surface area (Å²) >= 11 is 0. The van der Waals surface area contributed by atoms with Crippen LogP contribution in [0.25, 0.3) is 0 Å². The number of hydrogen-bond acceptors (Lipinski definition) is 2. The maximum Gasteiger partial charge on any atom is 0.416 e. The van der Waals surface area contributed by atoms with Crippen LogP contribution < -0.4 is 10.2 Å². The second kappa shape index (κ2) is 6.93. The molecule has 26 heavy (non-hydrogen) atoms. The van der Waals surface area contributed by atoms with Crippen molar-refractivity contribution in [2.75, 3.05) is 23.3 Å². The summed E-state index contributed by atoms with van der Waals surface area (Å²) < 4.78 is 65.4. The zero-order valence-corrected chi connectivity index (χ0v) is 13.5. The highest BCUT2D eigenvalue weighted by atomic mass is 19.4. The molecule has 1 heterocycles. The fraction of sp³-hybridized carbons (Fsp3) is 0.278. The summed E-state index contributed by atoms with van der Waals surface area (Å²) in [4.78, 5) is 14.2. The van der Waals surface area contributed by atoms with Gasteiger partial charge < -0.3 is 10.2 Å². The van der Waals surface area contributed by atoms with Gasteiger partial charge in [-0.3, -0.25) is 4.79 Å². The van der Waals surface area contributed by atoms with Gasteiger partial charge in [0.15, 0.2) is 11.6 Å². The highest BCUT2D eigenvalue weighted by molar-refractivity contribution is 6.06. The van der Waals surface area contributed by atoms with Crippen LogP contribution in [-0.4, -0.2) is 19.0 Å². The Kier molecular flexibility index (Phi) is 4.84. The molecule has 1 aliphatic heterocycles. The van der Waals surface area contributed by atoms with Crippen LogP contribution in [0.2, 0.25) is 0 Å². The summed E-state index contributed by atoms with van der Waals surface area (Å²) in [5.74, 6) is -3.14. The number of nitrogens with one attached hydrogen (secondary N) is 1. The molecule has 2 aromatic carbocycles. The Labute approximate surface area is 146 Å². The molecule has 0 saturated carbocycles. The van der Waals surface area contributed by atoms with Gasteiger partial charge in [-0.1, -0.05) is 0 Å². The van der Waals surface area contributed by atoms with Gasteiger partial charge in [-0.25, -0.2) is 8.78 Å². The number of rotatable bonds is 3. The molecule has 3 nitrogen and oxygen atoms in total. The van der Waals surface area contributed by atoms with E-state index in [0.717, 1.165) is 37.1 Å². The van der Waals surface area contributed by atoms with Crippen molar-refractivity contribution in [2.24, 2.45) is 0 Å². The molecule has 138 valence electrons. The Bertz CT molecular complexity index is 829. The predicted octanol–water partition coefficient (Wildman–Crippen LogP) is 4.84. The normalized spacial score (nSPS) is 14.6. The van der Waals surface area contributed by atoms with Crippen molar-refractivity contribution in [1.82, 2.24) is 0 Å². The number of carbonyl (C=O) groups excluding carboxylic acids is 1. The Balaban J connectivity index is 1.95. The van der Waals surface area contributed by atoms with Crippen molar-refractivity contribution in [2.45, 2.75) is 19.0 Å². The lowest BCUT2D eigenvalue weighted by Crippen LogP contribution is -2.22. The van der Waals surface area contributed by atoms with E-state index < -0.39 is 29.3 Å². The van der Waals surface area contributed by atoms with Crippen LogP contribution in [0.3, 0.4) is 0 Å². The first-order valence-corrected chi connectivity index (χ1v) is 7.98. The molecule has 0 spiro atoms. The van der Waals surface area contributed by atoms with Gasteiger partial charge in [-0.05, 0) is 49.2 Å². The monoisotopic (exact) mass is 370 g/mol. The molecule has 1 aliphatic rings. The second-order valence-corrected chi connectivity index (χ2v) is 6.01. The third-order valence-electron chi connectivity index (χ3n) is 4.20. The molecule has 1 fully saturated rings. The topological polar surface area (TPSA) is 32.3 Å². The third-order valence-corrected chi connectivity index (χ3v) is 4.20. The lowest BCUT2D eigenvalue weighted by Gasteiger charge is -2.23. The third kappa shape index (κ3) is 3.79. The van der Waals surface area contributed by atoms with Gasteiger partial charge in [0.1, 0.15) is 0 Å². The smallest absolute Gasteiger partial charge is 0.370 e. The number of halogens is 5. The fourth-order valence-electron chi connectivity index (χ4n) is 2.88. The van der Waals surface area contributed by atoms with Gasteiger partial charge in [0.25, 0.3) is 5.91 Å². The van der Waals surface area contributed by atoms with Gasteiger partial charge in [-0.15, -0.1) is 0 Å². The standard InChI is InChI=1S/C18H15F5N2O/c19-13-5-3-11(9-14(13)20)17(26)24-15-10-12(18(21,22)23)4-6-16(15)25-7-1-2-8-25/h3-6,9-10H,1-2,7-8H2,(H,24,26). The number of amides is 1. The van der Waals surface area contributed by atoms with Crippen LogP contribution in [0.15, 0.2) is 36.4 Å². The molecule has 1 N–H and O–H groups in total. The second-order valence-electron chi connectivity index (χ2n) is 6.01. The Morgan fingerprint density at radius 2 is 1.65 bits per heavy atom. The molecule has 0 atom stereocenters. The first kappa shape index (κ1) is 18.2. The summed E-state index contributed by atoms with van der Waals surface area (Å²) in [5.41, 5.74) is -0.641. The lowest BCUT2D eigenvalue weighted by atomic mass is 10.1. The summed E-state index contributed by atoms with van der Waals surface area (Å²) in [6.45, 7) is 1.33. The van der Waals surface area contributed by atoms with Crippen LogP contribution in [0, 0.1) is 11.6 Å². The van der Waals surface area contributed by atoms with E-state index in [-0.39, 0.29) is 11.3 Å². The molecule has 0 radical (unpaired) electrons. The summed E-state index contributed by atoms with van der Waals surface area (Å²) in [6, 6.07) is 5.68. The number of carbonyl (C=O) groups is 1. The maximum atomic E-state index is 13.3. The van der Waals surface area contributed by atoms with Crippen LogP contribution in [0.4, 0.5) is 33.3 Å². The quantitative estimate of drug-likeness (QED) is 0.785. The first-order chi connectivity index (χ1) is 12.3. The van der Waals surface area contributed by atoms with E-state index in [9.17, 15) is 26.7 Å². The van der Waals surface area contributed by atoms with E-state index in [4.69, 9.17) is 0 Å². The van der Waals surface area contributed by atoms with Crippen molar-refractivity contribution in [3.8, 4) is 0 Å². The van der Waals surface area contributed by atoms with Crippen LogP contribution in [0.5, 0.6) is 0 Å². The zero-order chi connectivity index (χ0) is 18.9. The molecule has 1 saturated heterocycles. The van der Waals surface area contributed by atoms with E-state index in [0.29, 0.717) is 24.8 Å². The van der Waals surface area contributed by atoms with E-state index >= 15 is 0 Å². The molecular formula is C18H15F5N2O. The van der Waals surface area contributed by atoms with E-state index in [2.05, 4.69) is 5.32 Å². The summed E-state index contributed by atoms with van der Waals surface area (Å²) in [5, 5.41) is 2.39. The average Bonchev–Trinajstić information content (AvgIpc) is 3.10. The van der Waals surface area contributed by atoms with Gasteiger partial charge in [0.2, 0.25) is 0 Å². The summed E-state index contributed by atoms with van der Waals surface area (Å²) in [7, 11) is 0. The highest BCUT2D eigenvalue weighted by Crippen LogP contribution is 2.36. The van der Waals surface area contributed by atoms with Gasteiger partial charge in [0, 0.05) is 18.7 Å². The molecule has 1 amide bonds. The number of nitrogens with zero attached hydrogens (tertiary/aromatic N) is 1. The first-order valence-electron chi connectivity index (χ1n) is 7.98. The Morgan fingerprint density at radius 3 is 2.27 bits per heavy atom. The van der Waals surface area contributed by atoms with Crippen LogP contribution >= 0.6 is 0 Å². The SMILES string of the molecule is O=C(Nc1cc(C(F)(F)F)ccc1N1CCCC1)c1ccc(F)c(F)c1. The minimum absolute atomic E-state index is 0.0172. The fourth-order valence-corrected chi connectivity index (χ4v) is 2.88. The van der Waals surface area contributed by atoms with Crippen LogP contribution in [0.1, 0.15) is 28.8 Å². The van der Waals surface area contributed by atoms with Crippen molar-refractivity contribution >= 4 is 17.3 Å². The van der Waals surface area contributed by atoms with Gasteiger partial charge in [0.05, 0.1) is 16.9 Å². The molecule has 0 aliphatic carbocycles. The molecule has 2 aromatic rings. The Morgan fingerprint density at radius 1 is 0.962 bits per heavy atom. The van der Waals surface area contributed by atoms with E-state index in [1.807, 2.05) is 4.90 Å². The maximum absolute atomic E-state index is 13.3. The summed E-state index contributed by atoms with van der Waals surface area (Å²) in [6.07, 6.45) is -2.76. The number of benzene rings is 2. The molecule has 0 bridgehead atoms. The minimum Gasteiger partial charge on any atom is -0.370 e. The minimum atomic E-state index is -4.56. The van der Waals surface area contributed by atoms with Crippen molar-refractivity contribution in [3.05, 3.63) is 59.2 Å². The molecule has 0 aromatic heterocycles. The van der Waals surface area contributed by atoms with Gasteiger partial charge in [-0.2, -0.15) is 13.2 Å². The van der Waals surface area contributed by atoms with Crippen molar-refractivity contribution in [3.63, 3.8) is 0 Å².